The first kappa shape index (κ1) is 24.1. The van der Waals surface area contributed by atoms with E-state index < -0.39 is 5.41 Å². The molecule has 0 amide bonds. The Bertz CT molecular complexity index is 917. The molecule has 0 unspecified atom stereocenters. The van der Waals surface area contributed by atoms with Gasteiger partial charge < -0.3 is 4.74 Å². The van der Waals surface area contributed by atoms with E-state index in [2.05, 4.69) is 44.2 Å². The fourth-order valence-electron chi connectivity index (χ4n) is 4.82. The number of nitrogens with zero attached hydrogens (tertiary/aromatic N) is 1. The lowest BCUT2D eigenvalue weighted by Crippen LogP contribution is -2.41. The van der Waals surface area contributed by atoms with Crippen molar-refractivity contribution in [3.8, 4) is 11.8 Å². The van der Waals surface area contributed by atoms with Crippen molar-refractivity contribution in [1.82, 2.24) is 0 Å². The SMILES string of the molecule is CCCCCc1ccc(OC(=O)C2(c3ccc(CCCC)cc3)CCCCC2)c(C#N)c1. The number of nitriles is 1. The molecule has 3 nitrogen and oxygen atoms in total. The van der Waals surface area contributed by atoms with Gasteiger partial charge in [0.05, 0.1) is 11.0 Å². The third kappa shape index (κ3) is 5.80. The van der Waals surface area contributed by atoms with Crippen LogP contribution in [0.1, 0.15) is 100 Å². The summed E-state index contributed by atoms with van der Waals surface area (Å²) in [5.74, 6) is 0.176. The van der Waals surface area contributed by atoms with E-state index >= 15 is 0 Å². The van der Waals surface area contributed by atoms with Crippen LogP contribution in [-0.4, -0.2) is 5.97 Å². The fourth-order valence-corrected chi connectivity index (χ4v) is 4.82. The lowest BCUT2D eigenvalue weighted by atomic mass is 9.69. The summed E-state index contributed by atoms with van der Waals surface area (Å²) in [6.07, 6.45) is 12.6. The molecule has 3 rings (SSSR count). The van der Waals surface area contributed by atoms with E-state index in [9.17, 15) is 10.1 Å². The van der Waals surface area contributed by atoms with Crippen LogP contribution in [0, 0.1) is 11.3 Å². The molecule has 0 aliphatic heterocycles. The number of aryl methyl sites for hydroxylation is 2. The summed E-state index contributed by atoms with van der Waals surface area (Å²) in [5.41, 5.74) is 3.34. The Morgan fingerprint density at radius 1 is 0.906 bits per heavy atom. The number of ether oxygens (including phenoxy) is 1. The summed E-state index contributed by atoms with van der Waals surface area (Å²) < 4.78 is 5.95. The number of benzene rings is 2. The Morgan fingerprint density at radius 2 is 1.56 bits per heavy atom. The average molecular weight is 432 g/mol. The number of carbonyl (C=O) groups is 1. The summed E-state index contributed by atoms with van der Waals surface area (Å²) in [5, 5.41) is 9.68. The van der Waals surface area contributed by atoms with Crippen molar-refractivity contribution in [2.75, 3.05) is 0 Å². The van der Waals surface area contributed by atoms with E-state index in [4.69, 9.17) is 4.74 Å². The van der Waals surface area contributed by atoms with Gasteiger partial charge in [-0.05, 0) is 67.3 Å². The number of unbranched alkanes of at least 4 members (excludes halogenated alkanes) is 3. The van der Waals surface area contributed by atoms with E-state index in [1.54, 1.807) is 0 Å². The maximum Gasteiger partial charge on any atom is 0.321 e. The maximum absolute atomic E-state index is 13.6. The molecular formula is C29H37NO2. The molecule has 0 aromatic heterocycles. The Labute approximate surface area is 193 Å². The van der Waals surface area contributed by atoms with Gasteiger partial charge in [0, 0.05) is 0 Å². The number of hydrogen-bond acceptors (Lipinski definition) is 3. The van der Waals surface area contributed by atoms with Crippen LogP contribution in [-0.2, 0) is 23.1 Å². The summed E-state index contributed by atoms with van der Waals surface area (Å²) in [7, 11) is 0. The zero-order valence-electron chi connectivity index (χ0n) is 19.8. The number of rotatable bonds is 10. The third-order valence-corrected chi connectivity index (χ3v) is 6.86. The monoisotopic (exact) mass is 431 g/mol. The molecule has 0 N–H and O–H groups in total. The second kappa shape index (κ2) is 11.9. The molecule has 1 aliphatic rings. The molecule has 3 heteroatoms. The lowest BCUT2D eigenvalue weighted by molar-refractivity contribution is -0.142. The van der Waals surface area contributed by atoms with E-state index in [1.165, 1.54) is 31.2 Å². The van der Waals surface area contributed by atoms with Crippen molar-refractivity contribution in [2.24, 2.45) is 0 Å². The van der Waals surface area contributed by atoms with Gasteiger partial charge in [0.1, 0.15) is 11.8 Å². The second-order valence-electron chi connectivity index (χ2n) is 9.23. The zero-order chi connectivity index (χ0) is 22.8. The van der Waals surface area contributed by atoms with Crippen LogP contribution in [0.15, 0.2) is 42.5 Å². The van der Waals surface area contributed by atoms with E-state index in [1.807, 2.05) is 18.2 Å². The largest absolute Gasteiger partial charge is 0.424 e. The molecule has 0 spiro atoms. The Balaban J connectivity index is 1.81. The predicted molar refractivity (Wildman–Crippen MR) is 130 cm³/mol. The Kier molecular flexibility index (Phi) is 8.91. The summed E-state index contributed by atoms with van der Waals surface area (Å²) >= 11 is 0. The van der Waals surface area contributed by atoms with Gasteiger partial charge in [-0.3, -0.25) is 4.79 Å². The molecule has 0 heterocycles. The van der Waals surface area contributed by atoms with Crippen molar-refractivity contribution in [3.05, 3.63) is 64.7 Å². The zero-order valence-corrected chi connectivity index (χ0v) is 19.8. The van der Waals surface area contributed by atoms with E-state index in [0.717, 1.165) is 62.5 Å². The van der Waals surface area contributed by atoms with Gasteiger partial charge in [0.2, 0.25) is 0 Å². The molecule has 1 aliphatic carbocycles. The van der Waals surface area contributed by atoms with Crippen LogP contribution >= 0.6 is 0 Å². The third-order valence-electron chi connectivity index (χ3n) is 6.86. The fraction of sp³-hybridized carbons (Fsp3) is 0.517. The molecule has 0 saturated heterocycles. The summed E-state index contributed by atoms with van der Waals surface area (Å²) in [6.45, 7) is 4.39. The molecule has 0 atom stereocenters. The van der Waals surface area contributed by atoms with Gasteiger partial charge in [-0.2, -0.15) is 5.26 Å². The van der Waals surface area contributed by atoms with Crippen molar-refractivity contribution >= 4 is 5.97 Å². The standard InChI is InChI=1S/C29H37NO2/c1-3-5-8-12-24-15-18-27(25(21-24)22-30)32-28(31)29(19-9-7-10-20-29)26-16-13-23(14-17-26)11-6-4-2/h13-18,21H,3-12,19-20H2,1-2H3. The summed E-state index contributed by atoms with van der Waals surface area (Å²) in [6, 6.07) is 16.5. The van der Waals surface area contributed by atoms with Crippen LogP contribution in [0.5, 0.6) is 5.75 Å². The van der Waals surface area contributed by atoms with Crippen molar-refractivity contribution in [2.45, 2.75) is 96.3 Å². The molecular weight excluding hydrogens is 394 g/mol. The highest BCUT2D eigenvalue weighted by Gasteiger charge is 2.43. The van der Waals surface area contributed by atoms with Crippen LogP contribution in [0.4, 0.5) is 0 Å². The minimum Gasteiger partial charge on any atom is -0.424 e. The predicted octanol–water partition coefficient (Wildman–Crippen LogP) is 7.44. The highest BCUT2D eigenvalue weighted by atomic mass is 16.5. The maximum atomic E-state index is 13.6. The first-order valence-electron chi connectivity index (χ1n) is 12.5. The quantitative estimate of drug-likeness (QED) is 0.223. The second-order valence-corrected chi connectivity index (χ2v) is 9.23. The molecule has 2 aromatic rings. The van der Waals surface area contributed by atoms with Crippen molar-refractivity contribution in [3.63, 3.8) is 0 Å². The lowest BCUT2D eigenvalue weighted by Gasteiger charge is -2.35. The van der Waals surface area contributed by atoms with Crippen molar-refractivity contribution in [1.29, 1.82) is 5.26 Å². The van der Waals surface area contributed by atoms with Gasteiger partial charge in [0.25, 0.3) is 0 Å². The Hall–Kier alpha value is -2.60. The van der Waals surface area contributed by atoms with Crippen LogP contribution in [0.2, 0.25) is 0 Å². The van der Waals surface area contributed by atoms with Gasteiger partial charge in [-0.1, -0.05) is 82.7 Å². The number of hydrogen-bond donors (Lipinski definition) is 0. The van der Waals surface area contributed by atoms with Gasteiger partial charge >= 0.3 is 5.97 Å². The minimum absolute atomic E-state index is 0.214. The highest BCUT2D eigenvalue weighted by molar-refractivity contribution is 5.85. The van der Waals surface area contributed by atoms with Gasteiger partial charge in [0.15, 0.2) is 0 Å². The average Bonchev–Trinajstić information content (AvgIpc) is 2.84. The molecule has 32 heavy (non-hydrogen) atoms. The number of esters is 1. The highest BCUT2D eigenvalue weighted by Crippen LogP contribution is 2.41. The first-order chi connectivity index (χ1) is 15.6. The molecule has 0 bridgehead atoms. The molecule has 1 saturated carbocycles. The molecule has 0 radical (unpaired) electrons. The van der Waals surface area contributed by atoms with Crippen LogP contribution in [0.25, 0.3) is 0 Å². The minimum atomic E-state index is -0.617. The van der Waals surface area contributed by atoms with Crippen LogP contribution in [0.3, 0.4) is 0 Å². The molecule has 2 aromatic carbocycles. The van der Waals surface area contributed by atoms with Crippen LogP contribution < -0.4 is 4.74 Å². The first-order valence-corrected chi connectivity index (χ1v) is 12.5. The van der Waals surface area contributed by atoms with Gasteiger partial charge in [-0.25, -0.2) is 0 Å². The number of carbonyl (C=O) groups excluding carboxylic acids is 1. The summed E-state index contributed by atoms with van der Waals surface area (Å²) in [4.78, 5) is 13.6. The molecule has 170 valence electrons. The van der Waals surface area contributed by atoms with E-state index in [-0.39, 0.29) is 5.97 Å². The normalized spacial score (nSPS) is 15.2. The van der Waals surface area contributed by atoms with Gasteiger partial charge in [-0.15, -0.1) is 0 Å². The Morgan fingerprint density at radius 3 is 2.22 bits per heavy atom. The van der Waals surface area contributed by atoms with E-state index in [0.29, 0.717) is 11.3 Å². The topological polar surface area (TPSA) is 50.1 Å². The molecule has 1 fully saturated rings. The smallest absolute Gasteiger partial charge is 0.321 e. The van der Waals surface area contributed by atoms with Crippen molar-refractivity contribution < 1.29 is 9.53 Å².